The van der Waals surface area contributed by atoms with Crippen LogP contribution in [0, 0.1) is 5.92 Å². The molecule has 1 aliphatic rings. The molecular weight excluding hydrogens is 216 g/mol. The summed E-state index contributed by atoms with van der Waals surface area (Å²) >= 11 is 0. The lowest BCUT2D eigenvalue weighted by atomic mass is 10.0. The second kappa shape index (κ2) is 6.12. The minimum atomic E-state index is 0.373. The van der Waals surface area contributed by atoms with Crippen LogP contribution in [-0.2, 0) is 11.3 Å². The molecule has 5 nitrogen and oxygen atoms in total. The fraction of sp³-hybridized carbons (Fsp3) is 0.833. The van der Waals surface area contributed by atoms with Crippen molar-refractivity contribution < 1.29 is 4.74 Å². The molecule has 1 fully saturated rings. The highest BCUT2D eigenvalue weighted by atomic mass is 16.5. The second-order valence-electron chi connectivity index (χ2n) is 4.90. The summed E-state index contributed by atoms with van der Waals surface area (Å²) in [4.78, 5) is 4.28. The van der Waals surface area contributed by atoms with Gasteiger partial charge in [0.25, 0.3) is 0 Å². The van der Waals surface area contributed by atoms with Crippen LogP contribution in [0.1, 0.15) is 38.6 Å². The Morgan fingerprint density at radius 1 is 1.47 bits per heavy atom. The zero-order valence-corrected chi connectivity index (χ0v) is 10.7. The van der Waals surface area contributed by atoms with Crippen molar-refractivity contribution in [3.8, 4) is 0 Å². The summed E-state index contributed by atoms with van der Waals surface area (Å²) in [6, 6.07) is 0.373. The summed E-state index contributed by atoms with van der Waals surface area (Å²) in [6.45, 7) is 7.92. The molecule has 0 aromatic carbocycles. The zero-order chi connectivity index (χ0) is 12.1. The van der Waals surface area contributed by atoms with Gasteiger partial charge in [0, 0.05) is 19.3 Å². The van der Waals surface area contributed by atoms with Gasteiger partial charge in [-0.15, -0.1) is 0 Å². The fourth-order valence-electron chi connectivity index (χ4n) is 2.17. The van der Waals surface area contributed by atoms with E-state index in [1.807, 2.05) is 4.68 Å². The molecule has 2 rings (SSSR count). The second-order valence-corrected chi connectivity index (χ2v) is 4.90. The molecule has 1 saturated heterocycles. The zero-order valence-electron chi connectivity index (χ0n) is 10.7. The number of ether oxygens (including phenoxy) is 1. The van der Waals surface area contributed by atoms with E-state index in [4.69, 9.17) is 4.74 Å². The molecule has 0 saturated carbocycles. The van der Waals surface area contributed by atoms with Crippen molar-refractivity contribution in [3.05, 3.63) is 12.2 Å². The Morgan fingerprint density at radius 3 is 2.94 bits per heavy atom. The van der Waals surface area contributed by atoms with Gasteiger partial charge in [0.05, 0.1) is 6.54 Å². The maximum atomic E-state index is 5.35. The van der Waals surface area contributed by atoms with Crippen molar-refractivity contribution in [2.45, 2.75) is 39.3 Å². The van der Waals surface area contributed by atoms with E-state index in [1.54, 1.807) is 6.33 Å². The summed E-state index contributed by atoms with van der Waals surface area (Å²) < 4.78 is 7.32. The summed E-state index contributed by atoms with van der Waals surface area (Å²) in [5, 5.41) is 7.70. The van der Waals surface area contributed by atoms with Crippen molar-refractivity contribution in [1.82, 2.24) is 20.1 Å². The van der Waals surface area contributed by atoms with Gasteiger partial charge in [-0.05, 0) is 39.2 Å². The van der Waals surface area contributed by atoms with Gasteiger partial charge in [0.2, 0.25) is 0 Å². The Morgan fingerprint density at radius 2 is 2.24 bits per heavy atom. The van der Waals surface area contributed by atoms with Crippen LogP contribution in [0.5, 0.6) is 0 Å². The lowest BCUT2D eigenvalue weighted by molar-refractivity contribution is 0.0661. The molecule has 1 aliphatic heterocycles. The molecule has 1 N–H and O–H groups in total. The molecule has 5 heteroatoms. The van der Waals surface area contributed by atoms with Crippen molar-refractivity contribution in [2.24, 2.45) is 5.92 Å². The average molecular weight is 238 g/mol. The molecule has 1 aromatic heterocycles. The lowest BCUT2D eigenvalue weighted by Crippen LogP contribution is -2.28. The Labute approximate surface area is 103 Å². The molecule has 0 aliphatic carbocycles. The monoisotopic (exact) mass is 238 g/mol. The quantitative estimate of drug-likeness (QED) is 0.842. The molecule has 0 spiro atoms. The molecule has 2 heterocycles. The van der Waals surface area contributed by atoms with E-state index in [2.05, 4.69) is 29.2 Å². The van der Waals surface area contributed by atoms with Gasteiger partial charge < -0.3 is 10.1 Å². The highest BCUT2D eigenvalue weighted by Crippen LogP contribution is 2.13. The van der Waals surface area contributed by atoms with Crippen LogP contribution in [0.15, 0.2) is 6.33 Å². The number of nitrogens with zero attached hydrogens (tertiary/aromatic N) is 3. The first kappa shape index (κ1) is 12.5. The molecule has 0 unspecified atom stereocenters. The Bertz CT molecular complexity index is 331. The van der Waals surface area contributed by atoms with Crippen molar-refractivity contribution >= 4 is 0 Å². The predicted molar refractivity (Wildman–Crippen MR) is 65.7 cm³/mol. The van der Waals surface area contributed by atoms with Gasteiger partial charge in [-0.25, -0.2) is 9.67 Å². The Kier molecular flexibility index (Phi) is 4.50. The van der Waals surface area contributed by atoms with E-state index in [-0.39, 0.29) is 0 Å². The largest absolute Gasteiger partial charge is 0.381 e. The number of rotatable bonds is 5. The highest BCUT2D eigenvalue weighted by molar-refractivity contribution is 4.86. The standard InChI is InChI=1S/C12H22N4O/c1-10(2)16-12(14-9-15-16)8-13-7-11-3-5-17-6-4-11/h9-11,13H,3-8H2,1-2H3. The van der Waals surface area contributed by atoms with Crippen LogP contribution in [-0.4, -0.2) is 34.5 Å². The third-order valence-electron chi connectivity index (χ3n) is 3.19. The summed E-state index contributed by atoms with van der Waals surface area (Å²) in [5.41, 5.74) is 0. The molecule has 0 radical (unpaired) electrons. The minimum absolute atomic E-state index is 0.373. The number of hydrogen-bond donors (Lipinski definition) is 1. The van der Waals surface area contributed by atoms with E-state index in [0.29, 0.717) is 6.04 Å². The molecular formula is C12H22N4O. The third-order valence-corrected chi connectivity index (χ3v) is 3.19. The third kappa shape index (κ3) is 3.51. The fourth-order valence-corrected chi connectivity index (χ4v) is 2.17. The first-order valence-corrected chi connectivity index (χ1v) is 6.44. The van der Waals surface area contributed by atoms with Gasteiger partial charge in [0.15, 0.2) is 0 Å². The topological polar surface area (TPSA) is 52.0 Å². The SMILES string of the molecule is CC(C)n1ncnc1CNCC1CCOCC1. The summed E-state index contributed by atoms with van der Waals surface area (Å²) in [7, 11) is 0. The van der Waals surface area contributed by atoms with Gasteiger partial charge in [-0.2, -0.15) is 5.10 Å². The van der Waals surface area contributed by atoms with Crippen LogP contribution in [0.4, 0.5) is 0 Å². The smallest absolute Gasteiger partial charge is 0.141 e. The summed E-state index contributed by atoms with van der Waals surface area (Å²) in [5.74, 6) is 1.77. The molecule has 1 aromatic rings. The van der Waals surface area contributed by atoms with Crippen LogP contribution >= 0.6 is 0 Å². The predicted octanol–water partition coefficient (Wildman–Crippen LogP) is 1.38. The first-order chi connectivity index (χ1) is 8.27. The van der Waals surface area contributed by atoms with Gasteiger partial charge >= 0.3 is 0 Å². The minimum Gasteiger partial charge on any atom is -0.381 e. The number of aromatic nitrogens is 3. The van der Waals surface area contributed by atoms with E-state index in [1.165, 1.54) is 12.8 Å². The van der Waals surface area contributed by atoms with Gasteiger partial charge in [-0.1, -0.05) is 0 Å². The molecule has 0 atom stereocenters. The van der Waals surface area contributed by atoms with Crippen LogP contribution in [0.2, 0.25) is 0 Å². The van der Waals surface area contributed by atoms with E-state index in [9.17, 15) is 0 Å². The van der Waals surface area contributed by atoms with Crippen LogP contribution in [0.25, 0.3) is 0 Å². The maximum Gasteiger partial charge on any atom is 0.141 e. The van der Waals surface area contributed by atoms with Crippen LogP contribution < -0.4 is 5.32 Å². The average Bonchev–Trinajstić information content (AvgIpc) is 2.79. The molecule has 96 valence electrons. The molecule has 0 amide bonds. The number of nitrogens with one attached hydrogen (secondary N) is 1. The number of hydrogen-bond acceptors (Lipinski definition) is 4. The van der Waals surface area contributed by atoms with Crippen molar-refractivity contribution in [2.75, 3.05) is 19.8 Å². The van der Waals surface area contributed by atoms with Crippen molar-refractivity contribution in [3.63, 3.8) is 0 Å². The van der Waals surface area contributed by atoms with E-state index >= 15 is 0 Å². The van der Waals surface area contributed by atoms with E-state index in [0.717, 1.165) is 38.0 Å². The van der Waals surface area contributed by atoms with Gasteiger partial charge in [-0.3, -0.25) is 0 Å². The maximum absolute atomic E-state index is 5.35. The van der Waals surface area contributed by atoms with Crippen molar-refractivity contribution in [1.29, 1.82) is 0 Å². The first-order valence-electron chi connectivity index (χ1n) is 6.44. The lowest BCUT2D eigenvalue weighted by Gasteiger charge is -2.22. The van der Waals surface area contributed by atoms with E-state index < -0.39 is 0 Å². The summed E-state index contributed by atoms with van der Waals surface area (Å²) in [6.07, 6.45) is 3.97. The molecule has 17 heavy (non-hydrogen) atoms. The van der Waals surface area contributed by atoms with Gasteiger partial charge in [0.1, 0.15) is 12.2 Å². The highest BCUT2D eigenvalue weighted by Gasteiger charge is 2.14. The Hall–Kier alpha value is -0.940. The van der Waals surface area contributed by atoms with Crippen LogP contribution in [0.3, 0.4) is 0 Å². The normalized spacial score (nSPS) is 17.8. The Balaban J connectivity index is 1.75. The molecule has 0 bridgehead atoms.